The molecule has 16 atom stereocenters. The topological polar surface area (TPSA) is 104 Å². The summed E-state index contributed by atoms with van der Waals surface area (Å²) >= 11 is 0. The zero-order valence-corrected chi connectivity index (χ0v) is 32.1. The van der Waals surface area contributed by atoms with Gasteiger partial charge in [-0.15, -0.1) is 0 Å². The Bertz CT molecular complexity index is 1040. The van der Waals surface area contributed by atoms with E-state index in [1.54, 1.807) is 0 Å². The Morgan fingerprint density at radius 1 is 0.830 bits per heavy atom. The highest BCUT2D eigenvalue weighted by atomic mass is 16.7. The fourth-order valence-corrected chi connectivity index (χ4v) is 8.62. The zero-order valence-electron chi connectivity index (χ0n) is 32.1. The summed E-state index contributed by atoms with van der Waals surface area (Å²) in [5.41, 5.74) is -0.0982. The van der Waals surface area contributed by atoms with E-state index in [-0.39, 0.29) is 35.4 Å². The zero-order chi connectivity index (χ0) is 35.8. The molecule has 3 fully saturated rings. The molecule has 0 aromatic heterocycles. The molecule has 0 spiro atoms. The van der Waals surface area contributed by atoms with Gasteiger partial charge in [-0.05, 0) is 74.2 Å². The highest BCUT2D eigenvalue weighted by Crippen LogP contribution is 2.46. The van der Waals surface area contributed by atoms with Crippen molar-refractivity contribution in [2.24, 2.45) is 52.3 Å². The van der Waals surface area contributed by atoms with Crippen molar-refractivity contribution in [3.05, 3.63) is 12.2 Å². The largest absolute Gasteiger partial charge is 0.457 e. The molecule has 8 nitrogen and oxygen atoms in total. The van der Waals surface area contributed by atoms with Gasteiger partial charge >= 0.3 is 5.97 Å². The van der Waals surface area contributed by atoms with Crippen molar-refractivity contribution >= 4 is 5.97 Å². The molecular weight excluding hydrogens is 596 g/mol. The summed E-state index contributed by atoms with van der Waals surface area (Å²) in [7, 11) is 0. The van der Waals surface area contributed by atoms with E-state index in [1.165, 1.54) is 0 Å². The first kappa shape index (κ1) is 40.4. The van der Waals surface area contributed by atoms with Gasteiger partial charge in [0.2, 0.25) is 0 Å². The molecule has 2 unspecified atom stereocenters. The van der Waals surface area contributed by atoms with E-state index in [2.05, 4.69) is 75.8 Å². The van der Waals surface area contributed by atoms with Crippen LogP contribution in [0.1, 0.15) is 123 Å². The maximum Gasteiger partial charge on any atom is 0.311 e. The smallest absolute Gasteiger partial charge is 0.311 e. The van der Waals surface area contributed by atoms with Crippen LogP contribution in [-0.2, 0) is 28.5 Å². The fraction of sp³-hybridized carbons (Fsp3) is 0.923. The second-order valence-corrected chi connectivity index (χ2v) is 17.3. The van der Waals surface area contributed by atoms with Crippen LogP contribution in [0.3, 0.4) is 0 Å². The summed E-state index contributed by atoms with van der Waals surface area (Å²) < 4.78 is 33.1. The van der Waals surface area contributed by atoms with Crippen LogP contribution in [0.5, 0.6) is 0 Å². The van der Waals surface area contributed by atoms with Gasteiger partial charge in [-0.25, -0.2) is 0 Å². The van der Waals surface area contributed by atoms with Gasteiger partial charge in [-0.2, -0.15) is 0 Å². The number of aliphatic hydroxyl groups excluding tert-OH is 2. The molecule has 3 aliphatic heterocycles. The lowest BCUT2D eigenvalue weighted by atomic mass is 9.69. The molecule has 3 rings (SSSR count). The van der Waals surface area contributed by atoms with Gasteiger partial charge in [-0.3, -0.25) is 4.79 Å². The van der Waals surface area contributed by atoms with Crippen molar-refractivity contribution < 1.29 is 38.7 Å². The Morgan fingerprint density at radius 3 is 2.02 bits per heavy atom. The van der Waals surface area contributed by atoms with Crippen molar-refractivity contribution in [3.63, 3.8) is 0 Å². The monoisotopic (exact) mass is 667 g/mol. The summed E-state index contributed by atoms with van der Waals surface area (Å²) in [6.45, 7) is 33.6. The summed E-state index contributed by atoms with van der Waals surface area (Å²) in [4.78, 5) is 14.1. The molecule has 3 heterocycles. The van der Waals surface area contributed by atoms with E-state index in [0.717, 1.165) is 6.42 Å². The highest BCUT2D eigenvalue weighted by molar-refractivity contribution is 5.73. The summed E-state index contributed by atoms with van der Waals surface area (Å²) in [5, 5.41) is 22.9. The molecular formula is C39H70O8. The van der Waals surface area contributed by atoms with Gasteiger partial charge in [0.1, 0.15) is 6.10 Å². The minimum atomic E-state index is -1.04. The van der Waals surface area contributed by atoms with Crippen LogP contribution >= 0.6 is 0 Å². The van der Waals surface area contributed by atoms with E-state index in [1.807, 2.05) is 27.7 Å². The van der Waals surface area contributed by atoms with E-state index < -0.39 is 66.3 Å². The quantitative estimate of drug-likeness (QED) is 0.229. The lowest BCUT2D eigenvalue weighted by Gasteiger charge is -2.49. The molecule has 0 radical (unpaired) electrons. The van der Waals surface area contributed by atoms with Gasteiger partial charge < -0.3 is 33.9 Å². The van der Waals surface area contributed by atoms with Gasteiger partial charge in [0, 0.05) is 24.2 Å². The van der Waals surface area contributed by atoms with Crippen LogP contribution in [0.4, 0.5) is 0 Å². The van der Waals surface area contributed by atoms with E-state index in [4.69, 9.17) is 23.7 Å². The van der Waals surface area contributed by atoms with Crippen molar-refractivity contribution in [2.75, 3.05) is 0 Å². The summed E-state index contributed by atoms with van der Waals surface area (Å²) in [5.74, 6) is -1.11. The average molecular weight is 667 g/mol. The first-order valence-electron chi connectivity index (χ1n) is 18.5. The Morgan fingerprint density at radius 2 is 1.45 bits per heavy atom. The molecule has 0 bridgehead atoms. The third-order valence-electron chi connectivity index (χ3n) is 12.5. The van der Waals surface area contributed by atoms with Crippen molar-refractivity contribution in [3.8, 4) is 0 Å². The van der Waals surface area contributed by atoms with Crippen molar-refractivity contribution in [1.82, 2.24) is 0 Å². The molecule has 3 aliphatic rings. The number of rotatable bonds is 5. The Hall–Kier alpha value is -1.03. The SMILES string of the molecule is C=C1[C@@H](CC)OC(=O)[C@H](C)[C@@H](OC2CC(C)(C)[C@@H](C)[C@H](C)O2)[C@H](C)[C@@H](OC2O[C@H](C)C[C@H](C)[C@H]2C)C(C)(C)C[C@@H](C)[C@H](O)[C@H](C)[C@H]1O. The number of cyclic esters (lactones) is 1. The predicted octanol–water partition coefficient (Wildman–Crippen LogP) is 7.54. The first-order chi connectivity index (χ1) is 21.6. The minimum Gasteiger partial charge on any atom is -0.457 e. The Kier molecular flexibility index (Phi) is 13.7. The van der Waals surface area contributed by atoms with Gasteiger partial charge in [0.05, 0.1) is 42.5 Å². The number of aliphatic hydroxyl groups is 2. The highest BCUT2D eigenvalue weighted by Gasteiger charge is 2.49. The molecule has 0 saturated carbocycles. The lowest BCUT2D eigenvalue weighted by Crippen LogP contribution is -2.54. The van der Waals surface area contributed by atoms with Crippen molar-refractivity contribution in [2.45, 2.75) is 178 Å². The van der Waals surface area contributed by atoms with E-state index >= 15 is 0 Å². The standard InChI is InChI=1S/C39H70O8/c1-16-30-24(6)33(41)25(7)32(40)21(3)18-39(14,15)35(47-37-23(5)20(2)17-22(4)43-37)26(8)34(27(9)36(42)45-30)46-31-19-38(12,13)28(10)29(11)44-31/h20-23,25-35,37,40-41H,6,16-19H2,1-5,7-15H3/t20-,21+,22+,23+,25-,26-,27+,28-,29-,30+,31?,32-,33-,34-,35+,37?/m0/s1. The van der Waals surface area contributed by atoms with Crippen LogP contribution in [0, 0.1) is 52.3 Å². The fourth-order valence-electron chi connectivity index (χ4n) is 8.62. The van der Waals surface area contributed by atoms with Gasteiger partial charge in [-0.1, -0.05) is 82.7 Å². The number of esters is 1. The Labute approximate surface area is 286 Å². The minimum absolute atomic E-state index is 0.0126. The lowest BCUT2D eigenvalue weighted by molar-refractivity contribution is -0.293. The molecule has 0 aromatic carbocycles. The molecule has 47 heavy (non-hydrogen) atoms. The second-order valence-electron chi connectivity index (χ2n) is 17.3. The maximum absolute atomic E-state index is 14.1. The molecule has 274 valence electrons. The first-order valence-corrected chi connectivity index (χ1v) is 18.5. The Balaban J connectivity index is 2.13. The normalized spacial score (nSPS) is 47.1. The maximum atomic E-state index is 14.1. The van der Waals surface area contributed by atoms with Gasteiger partial charge in [0.25, 0.3) is 0 Å². The summed E-state index contributed by atoms with van der Waals surface area (Å²) in [6.07, 6.45) is -1.72. The second kappa shape index (κ2) is 15.9. The van der Waals surface area contributed by atoms with Crippen LogP contribution in [0.25, 0.3) is 0 Å². The number of hydrogen-bond donors (Lipinski definition) is 2. The molecule has 0 aliphatic carbocycles. The average Bonchev–Trinajstić information content (AvgIpc) is 2.98. The molecule has 3 saturated heterocycles. The summed E-state index contributed by atoms with van der Waals surface area (Å²) in [6, 6.07) is 0. The molecule has 8 heteroatoms. The third-order valence-corrected chi connectivity index (χ3v) is 12.5. The van der Waals surface area contributed by atoms with Crippen LogP contribution in [0.15, 0.2) is 12.2 Å². The van der Waals surface area contributed by atoms with Crippen molar-refractivity contribution in [1.29, 1.82) is 0 Å². The van der Waals surface area contributed by atoms with Crippen LogP contribution < -0.4 is 0 Å². The van der Waals surface area contributed by atoms with E-state index in [9.17, 15) is 15.0 Å². The number of hydrogen-bond acceptors (Lipinski definition) is 8. The van der Waals surface area contributed by atoms with E-state index in [0.29, 0.717) is 36.7 Å². The molecule has 2 N–H and O–H groups in total. The molecule has 0 aromatic rings. The third kappa shape index (κ3) is 9.21. The number of carbonyl (C=O) groups excluding carboxylic acids is 1. The number of ether oxygens (including phenoxy) is 5. The number of carbonyl (C=O) groups is 1. The van der Waals surface area contributed by atoms with Crippen LogP contribution in [-0.4, -0.2) is 71.5 Å². The molecule has 0 amide bonds. The predicted molar refractivity (Wildman–Crippen MR) is 185 cm³/mol. The van der Waals surface area contributed by atoms with Crippen LogP contribution in [0.2, 0.25) is 0 Å². The van der Waals surface area contributed by atoms with Gasteiger partial charge in [0.15, 0.2) is 12.6 Å².